The summed E-state index contributed by atoms with van der Waals surface area (Å²) in [6.07, 6.45) is -9.03. The Hall–Kier alpha value is -5.34. The Bertz CT molecular complexity index is 1900. The highest BCUT2D eigenvalue weighted by atomic mass is 16.7. The number of allylic oxidation sites excluding steroid dienone is 1. The van der Waals surface area contributed by atoms with Gasteiger partial charge in [-0.2, -0.15) is 0 Å². The molecular weight excluding hydrogens is 660 g/mol. The number of hydrogen-bond donors (Lipinski definition) is 4. The molecule has 1 aliphatic heterocycles. The van der Waals surface area contributed by atoms with Crippen LogP contribution < -0.4 is 5.32 Å². The van der Waals surface area contributed by atoms with E-state index in [1.54, 1.807) is 13.8 Å². The summed E-state index contributed by atoms with van der Waals surface area (Å²) in [6.45, 7) is 8.38. The number of aryl methyl sites for hydroxylation is 1. The van der Waals surface area contributed by atoms with E-state index in [1.165, 1.54) is 6.92 Å². The number of carbonyl (C=O) groups is 3. The second kappa shape index (κ2) is 14.5. The number of rotatable bonds is 10. The van der Waals surface area contributed by atoms with Gasteiger partial charge < -0.3 is 38.8 Å². The summed E-state index contributed by atoms with van der Waals surface area (Å²) in [6, 6.07) is 24.2. The fraction of sp³-hybridized carbons (Fsp3) is 0.316. The number of carbonyl (C=O) groups excluding carboxylic acids is 3. The maximum Gasteiger partial charge on any atom is 0.412 e. The van der Waals surface area contributed by atoms with Gasteiger partial charge in [0.15, 0.2) is 11.9 Å². The number of amides is 1. The van der Waals surface area contributed by atoms with Gasteiger partial charge in [-0.25, -0.2) is 9.59 Å². The van der Waals surface area contributed by atoms with E-state index in [-0.39, 0.29) is 5.76 Å². The largest absolute Gasteiger partial charge is 0.441 e. The van der Waals surface area contributed by atoms with Crippen molar-refractivity contribution < 1.29 is 53.2 Å². The average Bonchev–Trinajstić information content (AvgIpc) is 3.86. The average molecular weight is 699 g/mol. The minimum atomic E-state index is -1.83. The molecule has 13 nitrogen and oxygen atoms in total. The van der Waals surface area contributed by atoms with Gasteiger partial charge in [-0.3, -0.25) is 10.1 Å². The minimum Gasteiger partial charge on any atom is -0.441 e. The van der Waals surface area contributed by atoms with E-state index < -0.39 is 60.3 Å². The molecule has 266 valence electrons. The molecule has 0 bridgehead atoms. The molecule has 13 heteroatoms. The number of anilines is 1. The van der Waals surface area contributed by atoms with Gasteiger partial charge in [0.1, 0.15) is 35.8 Å². The van der Waals surface area contributed by atoms with Crippen molar-refractivity contribution in [2.45, 2.75) is 75.8 Å². The lowest BCUT2D eigenvalue weighted by Gasteiger charge is -2.39. The van der Waals surface area contributed by atoms with Crippen LogP contribution in [0.15, 0.2) is 95.7 Å². The van der Waals surface area contributed by atoms with Crippen LogP contribution in [0.4, 0.5) is 10.5 Å². The van der Waals surface area contributed by atoms with Crippen molar-refractivity contribution >= 4 is 23.7 Å². The number of esters is 2. The van der Waals surface area contributed by atoms with Crippen molar-refractivity contribution in [2.24, 2.45) is 0 Å². The fourth-order valence-electron chi connectivity index (χ4n) is 5.92. The smallest absolute Gasteiger partial charge is 0.412 e. The van der Waals surface area contributed by atoms with Crippen molar-refractivity contribution in [3.63, 3.8) is 0 Å². The van der Waals surface area contributed by atoms with Crippen LogP contribution in [-0.4, -0.2) is 69.2 Å². The molecule has 0 radical (unpaired) electrons. The summed E-state index contributed by atoms with van der Waals surface area (Å²) in [5.41, 5.74) is 3.84. The molecule has 2 aliphatic rings. The SMILES string of the molecule is C=C(C)OC(=O)C1OC(OC(=O)C2(c3ccc(-c4ccc(-c5onc(C)c5NC(=O)O[C@H](C)c5ccccc5)cc4)cc3)CC2)C(O)C(O)C1O. The second-order valence-corrected chi connectivity index (χ2v) is 12.7. The molecule has 51 heavy (non-hydrogen) atoms. The van der Waals surface area contributed by atoms with Gasteiger partial charge in [0.25, 0.3) is 0 Å². The summed E-state index contributed by atoms with van der Waals surface area (Å²) in [7, 11) is 0. The molecule has 1 amide bonds. The zero-order valence-electron chi connectivity index (χ0n) is 28.1. The van der Waals surface area contributed by atoms with Crippen LogP contribution in [0.5, 0.6) is 0 Å². The van der Waals surface area contributed by atoms with Gasteiger partial charge in [-0.05, 0) is 55.9 Å². The summed E-state index contributed by atoms with van der Waals surface area (Å²) in [5, 5.41) is 37.8. The van der Waals surface area contributed by atoms with Crippen LogP contribution in [0.3, 0.4) is 0 Å². The molecule has 2 fully saturated rings. The Labute approximate surface area is 293 Å². The molecule has 0 spiro atoms. The number of benzene rings is 3. The Morgan fingerprint density at radius 2 is 1.51 bits per heavy atom. The van der Waals surface area contributed by atoms with Crippen LogP contribution in [0.2, 0.25) is 0 Å². The lowest BCUT2D eigenvalue weighted by Crippen LogP contribution is -2.61. The van der Waals surface area contributed by atoms with E-state index in [0.29, 0.717) is 41.1 Å². The zero-order chi connectivity index (χ0) is 36.4. The highest BCUT2D eigenvalue weighted by Gasteiger charge is 2.56. The summed E-state index contributed by atoms with van der Waals surface area (Å²) in [4.78, 5) is 38.5. The standard InChI is InChI=1S/C38H38N2O11/c1-20(2)47-34(44)33-30(42)29(41)31(43)35(49-33)50-36(45)38(18-19-38)27-16-14-25(15-17-27)24-10-12-26(13-11-24)32-28(21(3)40-51-32)39-37(46)48-22(4)23-8-6-5-7-9-23/h5-17,22,29-31,33,35,41-43H,1,18-19H2,2-4H3,(H,39,46)/t22-,29?,30?,31?,33?,35?/m1/s1. The number of aromatic nitrogens is 1. The number of nitrogens with zero attached hydrogens (tertiary/aromatic N) is 1. The molecule has 1 saturated carbocycles. The van der Waals surface area contributed by atoms with Crippen LogP contribution in [0, 0.1) is 6.92 Å². The van der Waals surface area contributed by atoms with Gasteiger partial charge in [-0.1, -0.05) is 90.6 Å². The molecule has 1 saturated heterocycles. The molecule has 3 aromatic carbocycles. The maximum atomic E-state index is 13.4. The van der Waals surface area contributed by atoms with E-state index >= 15 is 0 Å². The monoisotopic (exact) mass is 698 g/mol. The van der Waals surface area contributed by atoms with Crippen molar-refractivity contribution in [1.82, 2.24) is 5.16 Å². The number of aliphatic hydroxyl groups is 3. The number of ether oxygens (including phenoxy) is 4. The minimum absolute atomic E-state index is 0.0290. The highest BCUT2D eigenvalue weighted by Crippen LogP contribution is 2.50. The van der Waals surface area contributed by atoms with Crippen LogP contribution in [0.1, 0.15) is 49.6 Å². The van der Waals surface area contributed by atoms with E-state index in [4.69, 9.17) is 23.5 Å². The van der Waals surface area contributed by atoms with E-state index in [2.05, 4.69) is 17.1 Å². The molecular formula is C38H38N2O11. The third-order valence-electron chi connectivity index (χ3n) is 9.00. The van der Waals surface area contributed by atoms with Crippen LogP contribution in [0.25, 0.3) is 22.5 Å². The molecule has 4 aromatic rings. The zero-order valence-corrected chi connectivity index (χ0v) is 28.1. The predicted molar refractivity (Wildman–Crippen MR) is 182 cm³/mol. The molecule has 6 atom stereocenters. The molecule has 6 rings (SSSR count). The first-order chi connectivity index (χ1) is 24.4. The Morgan fingerprint density at radius 1 is 0.902 bits per heavy atom. The molecule has 1 aromatic heterocycles. The molecule has 1 aliphatic carbocycles. The Kier molecular flexibility index (Phi) is 10.1. The topological polar surface area (TPSA) is 187 Å². The van der Waals surface area contributed by atoms with Crippen molar-refractivity contribution in [3.8, 4) is 22.5 Å². The van der Waals surface area contributed by atoms with Gasteiger partial charge in [0.05, 0.1) is 11.2 Å². The first-order valence-electron chi connectivity index (χ1n) is 16.4. The third-order valence-corrected chi connectivity index (χ3v) is 9.00. The van der Waals surface area contributed by atoms with Gasteiger partial charge in [-0.15, -0.1) is 0 Å². The second-order valence-electron chi connectivity index (χ2n) is 12.7. The fourth-order valence-corrected chi connectivity index (χ4v) is 5.92. The maximum absolute atomic E-state index is 13.4. The first kappa shape index (κ1) is 35.5. The first-order valence-corrected chi connectivity index (χ1v) is 16.4. The number of aliphatic hydroxyl groups excluding tert-OH is 3. The molecule has 4 N–H and O–H groups in total. The van der Waals surface area contributed by atoms with Crippen LogP contribution in [-0.2, 0) is 34.0 Å². The number of nitrogens with one attached hydrogen (secondary N) is 1. The lowest BCUT2D eigenvalue weighted by atomic mass is 9.93. The lowest BCUT2D eigenvalue weighted by molar-refractivity contribution is -0.287. The molecule has 2 heterocycles. The summed E-state index contributed by atoms with van der Waals surface area (Å²) in [5.74, 6) is -1.35. The Balaban J connectivity index is 1.11. The van der Waals surface area contributed by atoms with Crippen LogP contribution >= 0.6 is 0 Å². The highest BCUT2D eigenvalue weighted by molar-refractivity contribution is 5.91. The van der Waals surface area contributed by atoms with Crippen molar-refractivity contribution in [1.29, 1.82) is 0 Å². The van der Waals surface area contributed by atoms with Crippen molar-refractivity contribution in [2.75, 3.05) is 5.32 Å². The van der Waals surface area contributed by atoms with Gasteiger partial charge >= 0.3 is 18.0 Å². The summed E-state index contributed by atoms with van der Waals surface area (Å²) < 4.78 is 26.9. The quantitative estimate of drug-likeness (QED) is 0.0978. The van der Waals surface area contributed by atoms with Crippen molar-refractivity contribution in [3.05, 3.63) is 108 Å². The molecule has 5 unspecified atom stereocenters. The van der Waals surface area contributed by atoms with E-state index in [9.17, 15) is 29.7 Å². The van der Waals surface area contributed by atoms with E-state index in [1.807, 2.05) is 78.9 Å². The number of hydrogen-bond acceptors (Lipinski definition) is 12. The normalized spacial score (nSPS) is 22.7. The predicted octanol–water partition coefficient (Wildman–Crippen LogP) is 5.09. The van der Waals surface area contributed by atoms with Gasteiger partial charge in [0.2, 0.25) is 6.29 Å². The van der Waals surface area contributed by atoms with E-state index in [0.717, 1.165) is 16.7 Å². The Morgan fingerprint density at radius 3 is 2.12 bits per heavy atom. The third kappa shape index (κ3) is 7.42. The summed E-state index contributed by atoms with van der Waals surface area (Å²) >= 11 is 0. The van der Waals surface area contributed by atoms with Gasteiger partial charge in [0, 0.05) is 5.56 Å².